The van der Waals surface area contributed by atoms with E-state index in [1.807, 2.05) is 51.1 Å². The van der Waals surface area contributed by atoms with Gasteiger partial charge in [-0.1, -0.05) is 51.1 Å². The van der Waals surface area contributed by atoms with Crippen molar-refractivity contribution >= 4 is 5.97 Å². The van der Waals surface area contributed by atoms with E-state index in [9.17, 15) is 9.18 Å². The number of halogens is 1. The molecule has 0 N–H and O–H groups in total. The fourth-order valence-electron chi connectivity index (χ4n) is 2.86. The number of nitrogens with zero attached hydrogens (tertiary/aromatic N) is 1. The summed E-state index contributed by atoms with van der Waals surface area (Å²) in [4.78, 5) is 16.6. The molecule has 128 valence electrons. The minimum absolute atomic E-state index is 0.173. The lowest BCUT2D eigenvalue weighted by molar-refractivity contribution is -0.146. The van der Waals surface area contributed by atoms with Gasteiger partial charge in [-0.25, -0.2) is 4.39 Å². The molecule has 0 aliphatic carbocycles. The summed E-state index contributed by atoms with van der Waals surface area (Å²) in [5.74, 6) is -1.36. The van der Waals surface area contributed by atoms with E-state index in [1.54, 1.807) is 6.92 Å². The third-order valence-electron chi connectivity index (χ3n) is 4.12. The lowest BCUT2D eigenvalue weighted by Crippen LogP contribution is -2.18. The summed E-state index contributed by atoms with van der Waals surface area (Å²) in [6, 6.07) is 9.46. The summed E-state index contributed by atoms with van der Waals surface area (Å²) < 4.78 is 19.8. The Morgan fingerprint density at radius 2 is 1.88 bits per heavy atom. The van der Waals surface area contributed by atoms with Gasteiger partial charge < -0.3 is 4.74 Å². The Balaban J connectivity index is 2.23. The van der Waals surface area contributed by atoms with Gasteiger partial charge in [0.25, 0.3) is 0 Å². The van der Waals surface area contributed by atoms with E-state index in [4.69, 9.17) is 4.74 Å². The fraction of sp³-hybridized carbons (Fsp3) is 0.400. The van der Waals surface area contributed by atoms with E-state index >= 15 is 0 Å². The van der Waals surface area contributed by atoms with Gasteiger partial charge in [0.1, 0.15) is 12.4 Å². The molecule has 24 heavy (non-hydrogen) atoms. The predicted molar refractivity (Wildman–Crippen MR) is 92.3 cm³/mol. The Labute approximate surface area is 142 Å². The Morgan fingerprint density at radius 3 is 2.46 bits per heavy atom. The fourth-order valence-corrected chi connectivity index (χ4v) is 2.86. The van der Waals surface area contributed by atoms with Crippen molar-refractivity contribution in [3.8, 4) is 0 Å². The normalized spacial score (nSPS) is 12.2. The van der Waals surface area contributed by atoms with Crippen LogP contribution in [0.2, 0.25) is 0 Å². The maximum atomic E-state index is 14.4. The number of carbonyl (C=O) groups excluding carboxylic acids is 1. The zero-order chi connectivity index (χ0) is 17.7. The molecule has 1 unspecified atom stereocenters. The number of pyridine rings is 1. The minimum Gasteiger partial charge on any atom is -0.460 e. The van der Waals surface area contributed by atoms with E-state index in [0.717, 1.165) is 16.8 Å². The third-order valence-corrected chi connectivity index (χ3v) is 4.12. The van der Waals surface area contributed by atoms with Crippen molar-refractivity contribution in [2.24, 2.45) is 0 Å². The van der Waals surface area contributed by atoms with Gasteiger partial charge in [0.15, 0.2) is 0 Å². The number of hydrogen-bond donors (Lipinski definition) is 0. The number of ether oxygens (including phenoxy) is 1. The van der Waals surface area contributed by atoms with E-state index < -0.39 is 17.7 Å². The molecule has 0 aliphatic heterocycles. The van der Waals surface area contributed by atoms with E-state index in [1.165, 1.54) is 6.20 Å². The monoisotopic (exact) mass is 329 g/mol. The van der Waals surface area contributed by atoms with Crippen molar-refractivity contribution in [3.63, 3.8) is 0 Å². The molecule has 0 fully saturated rings. The first-order valence-corrected chi connectivity index (χ1v) is 8.33. The first-order valence-electron chi connectivity index (χ1n) is 8.33. The van der Waals surface area contributed by atoms with Crippen LogP contribution in [0.3, 0.4) is 0 Å². The minimum atomic E-state index is -0.663. The Morgan fingerprint density at radius 1 is 1.21 bits per heavy atom. The second kappa shape index (κ2) is 8.04. The van der Waals surface area contributed by atoms with Gasteiger partial charge in [0.05, 0.1) is 12.1 Å². The van der Waals surface area contributed by atoms with Crippen molar-refractivity contribution < 1.29 is 13.9 Å². The summed E-state index contributed by atoms with van der Waals surface area (Å²) in [7, 11) is 0. The molecular formula is C20H24FNO2. The summed E-state index contributed by atoms with van der Waals surface area (Å²) in [6.45, 7) is 7.86. The first kappa shape index (κ1) is 18.1. The summed E-state index contributed by atoms with van der Waals surface area (Å²) in [5.41, 5.74) is 2.98. The van der Waals surface area contributed by atoms with Gasteiger partial charge in [0, 0.05) is 11.3 Å². The van der Waals surface area contributed by atoms with Crippen LogP contribution in [-0.2, 0) is 22.6 Å². The number of carbonyl (C=O) groups is 1. The van der Waals surface area contributed by atoms with Crippen LogP contribution in [0.1, 0.15) is 61.9 Å². The molecule has 2 aromatic rings. The van der Waals surface area contributed by atoms with Crippen molar-refractivity contribution in [2.45, 2.75) is 52.6 Å². The Kier molecular flexibility index (Phi) is 6.07. The predicted octanol–water partition coefficient (Wildman–Crippen LogP) is 4.75. The van der Waals surface area contributed by atoms with Crippen LogP contribution in [0.5, 0.6) is 0 Å². The molecule has 4 heteroatoms. The van der Waals surface area contributed by atoms with Gasteiger partial charge in [-0.3, -0.25) is 9.78 Å². The summed E-state index contributed by atoms with van der Waals surface area (Å²) in [6.07, 6.45) is 1.84. The van der Waals surface area contributed by atoms with E-state index in [2.05, 4.69) is 4.98 Å². The van der Waals surface area contributed by atoms with Crippen molar-refractivity contribution in [1.29, 1.82) is 0 Å². The van der Waals surface area contributed by atoms with Crippen LogP contribution in [0, 0.1) is 5.82 Å². The molecule has 0 aliphatic rings. The third kappa shape index (κ3) is 3.99. The topological polar surface area (TPSA) is 39.2 Å². The number of benzene rings is 1. The highest BCUT2D eigenvalue weighted by atomic mass is 19.1. The lowest BCUT2D eigenvalue weighted by Gasteiger charge is -2.20. The van der Waals surface area contributed by atoms with E-state index in [-0.39, 0.29) is 12.5 Å². The quantitative estimate of drug-likeness (QED) is 0.718. The molecule has 0 bridgehead atoms. The largest absolute Gasteiger partial charge is 0.460 e. The number of hydrogen-bond acceptors (Lipinski definition) is 3. The Bertz CT molecular complexity index is 698. The maximum Gasteiger partial charge on any atom is 0.313 e. The van der Waals surface area contributed by atoms with Gasteiger partial charge in [-0.15, -0.1) is 0 Å². The lowest BCUT2D eigenvalue weighted by atomic mass is 9.90. The number of rotatable bonds is 6. The number of aromatic nitrogens is 1. The zero-order valence-corrected chi connectivity index (χ0v) is 14.7. The highest BCUT2D eigenvalue weighted by Gasteiger charge is 2.26. The average molecular weight is 329 g/mol. The van der Waals surface area contributed by atoms with Crippen LogP contribution in [0.4, 0.5) is 4.39 Å². The first-order chi connectivity index (χ1) is 11.5. The van der Waals surface area contributed by atoms with E-state index in [0.29, 0.717) is 12.0 Å². The highest BCUT2D eigenvalue weighted by Crippen LogP contribution is 2.30. The SMILES string of the molecule is CCc1c(C(C)C)ncc(F)c1C(C)C(=O)OCc1ccccc1. The standard InChI is InChI=1S/C20H24FNO2/c1-5-16-18(17(21)11-22-19(16)13(2)3)14(4)20(23)24-12-15-9-7-6-8-10-15/h6-11,13-14H,5,12H2,1-4H3. The second-order valence-electron chi connectivity index (χ2n) is 6.21. The van der Waals surface area contributed by atoms with Crippen LogP contribution in [0.15, 0.2) is 36.5 Å². The summed E-state index contributed by atoms with van der Waals surface area (Å²) in [5, 5.41) is 0. The van der Waals surface area contributed by atoms with Crippen molar-refractivity contribution in [2.75, 3.05) is 0 Å². The molecule has 0 amide bonds. The van der Waals surface area contributed by atoms with Crippen LogP contribution >= 0.6 is 0 Å². The maximum absolute atomic E-state index is 14.4. The molecule has 0 saturated heterocycles. The molecular weight excluding hydrogens is 305 g/mol. The molecule has 3 nitrogen and oxygen atoms in total. The molecule has 1 atom stereocenters. The molecule has 1 heterocycles. The molecule has 2 rings (SSSR count). The molecule has 0 radical (unpaired) electrons. The van der Waals surface area contributed by atoms with Crippen molar-refractivity contribution in [1.82, 2.24) is 4.98 Å². The summed E-state index contributed by atoms with van der Waals surface area (Å²) >= 11 is 0. The molecule has 0 spiro atoms. The average Bonchev–Trinajstić information content (AvgIpc) is 2.59. The van der Waals surface area contributed by atoms with Crippen molar-refractivity contribution in [3.05, 3.63) is 64.7 Å². The van der Waals surface area contributed by atoms with Crippen LogP contribution in [0.25, 0.3) is 0 Å². The van der Waals surface area contributed by atoms with Gasteiger partial charge in [-0.2, -0.15) is 0 Å². The molecule has 1 aromatic carbocycles. The smallest absolute Gasteiger partial charge is 0.313 e. The van der Waals surface area contributed by atoms with Gasteiger partial charge in [0.2, 0.25) is 0 Å². The highest BCUT2D eigenvalue weighted by molar-refractivity contribution is 5.78. The van der Waals surface area contributed by atoms with Crippen LogP contribution < -0.4 is 0 Å². The Hall–Kier alpha value is -2.23. The molecule has 0 saturated carbocycles. The molecule has 1 aromatic heterocycles. The second-order valence-corrected chi connectivity index (χ2v) is 6.21. The van der Waals surface area contributed by atoms with Gasteiger partial charge >= 0.3 is 5.97 Å². The van der Waals surface area contributed by atoms with Gasteiger partial charge in [-0.05, 0) is 30.4 Å². The zero-order valence-electron chi connectivity index (χ0n) is 14.7. The van der Waals surface area contributed by atoms with Crippen LogP contribution in [-0.4, -0.2) is 11.0 Å². The number of esters is 1.